The Morgan fingerprint density at radius 3 is 2.61 bits per heavy atom. The van der Waals surface area contributed by atoms with Gasteiger partial charge in [0.15, 0.2) is 10.9 Å². The number of hydrazone groups is 1. The number of fused-ring (bicyclic) bond motifs is 1. The normalized spacial score (nSPS) is 14.1. The zero-order chi connectivity index (χ0) is 21.8. The van der Waals surface area contributed by atoms with Gasteiger partial charge in [-0.05, 0) is 62.3 Å². The number of furan rings is 1. The number of thiocarbonyl (C=S) groups is 1. The van der Waals surface area contributed by atoms with E-state index >= 15 is 0 Å². The van der Waals surface area contributed by atoms with Crippen LogP contribution in [0.3, 0.4) is 0 Å². The Labute approximate surface area is 190 Å². The molecule has 0 atom stereocenters. The molecule has 0 saturated carbocycles. The molecule has 1 aliphatic carbocycles. The Morgan fingerprint density at radius 2 is 1.84 bits per heavy atom. The van der Waals surface area contributed by atoms with Crippen LogP contribution in [0.15, 0.2) is 64.1 Å². The maximum atomic E-state index is 12.8. The summed E-state index contributed by atoms with van der Waals surface area (Å²) >= 11 is 11.3. The van der Waals surface area contributed by atoms with E-state index < -0.39 is 0 Å². The largest absolute Gasteiger partial charge is 0.455 e. The van der Waals surface area contributed by atoms with Crippen molar-refractivity contribution in [3.05, 3.63) is 82.3 Å². The second-order valence-corrected chi connectivity index (χ2v) is 8.01. The molecule has 31 heavy (non-hydrogen) atoms. The van der Waals surface area contributed by atoms with Crippen LogP contribution in [0.5, 0.6) is 0 Å². The van der Waals surface area contributed by atoms with Crippen LogP contribution in [0.4, 0.5) is 11.4 Å². The fourth-order valence-electron chi connectivity index (χ4n) is 3.55. The van der Waals surface area contributed by atoms with Crippen molar-refractivity contribution in [2.45, 2.75) is 26.2 Å². The lowest BCUT2D eigenvalue weighted by molar-refractivity contribution is 0.0994. The van der Waals surface area contributed by atoms with Crippen molar-refractivity contribution in [3.8, 4) is 0 Å². The summed E-state index contributed by atoms with van der Waals surface area (Å²) in [6.07, 6.45) is 2.41. The quantitative estimate of drug-likeness (QED) is 0.359. The molecule has 3 aromatic rings. The molecule has 1 aliphatic rings. The molecule has 1 amide bonds. The van der Waals surface area contributed by atoms with Crippen LogP contribution >= 0.6 is 23.8 Å². The number of halogens is 1. The molecule has 0 unspecified atom stereocenters. The highest BCUT2D eigenvalue weighted by Gasteiger charge is 2.28. The van der Waals surface area contributed by atoms with Crippen molar-refractivity contribution >= 4 is 51.9 Å². The Kier molecular flexibility index (Phi) is 6.34. The van der Waals surface area contributed by atoms with Crippen LogP contribution in [-0.4, -0.2) is 16.7 Å². The molecule has 6 nitrogen and oxygen atoms in total. The van der Waals surface area contributed by atoms with E-state index in [4.69, 9.17) is 28.2 Å². The first-order valence-corrected chi connectivity index (χ1v) is 10.7. The number of aryl methyl sites for hydroxylation is 1. The van der Waals surface area contributed by atoms with E-state index in [1.165, 1.54) is 0 Å². The van der Waals surface area contributed by atoms with Crippen molar-refractivity contribution in [3.63, 3.8) is 0 Å². The first kappa shape index (κ1) is 21.1. The Bertz CT molecular complexity index is 1160. The van der Waals surface area contributed by atoms with E-state index in [0.717, 1.165) is 47.5 Å². The third-order valence-electron chi connectivity index (χ3n) is 4.94. The van der Waals surface area contributed by atoms with Gasteiger partial charge in [-0.2, -0.15) is 5.10 Å². The summed E-state index contributed by atoms with van der Waals surface area (Å²) < 4.78 is 5.93. The summed E-state index contributed by atoms with van der Waals surface area (Å²) in [6.45, 7) is 1.87. The van der Waals surface area contributed by atoms with Gasteiger partial charge in [0.25, 0.3) is 5.91 Å². The number of anilines is 2. The standard InChI is InChI=1S/C23H21ClN4O2S/c1-14-20-18(27-28-23(31)26-16-8-3-2-4-9-16)11-6-12-19(20)30-21(14)22(29)25-17-10-5-7-15(24)13-17/h2-5,7-10,13H,6,11-12H2,1H3,(H,25,29)(H2,26,28,31)/b27-18+. The summed E-state index contributed by atoms with van der Waals surface area (Å²) in [5, 5.41) is 11.4. The zero-order valence-electron chi connectivity index (χ0n) is 16.9. The van der Waals surface area contributed by atoms with E-state index in [1.54, 1.807) is 24.3 Å². The summed E-state index contributed by atoms with van der Waals surface area (Å²) in [7, 11) is 0. The Balaban J connectivity index is 1.51. The van der Waals surface area contributed by atoms with Gasteiger partial charge in [0.1, 0.15) is 5.76 Å². The van der Waals surface area contributed by atoms with Gasteiger partial charge in [0.05, 0.1) is 5.71 Å². The maximum absolute atomic E-state index is 12.8. The van der Waals surface area contributed by atoms with E-state index in [-0.39, 0.29) is 11.7 Å². The number of amides is 1. The first-order valence-electron chi connectivity index (χ1n) is 9.89. The summed E-state index contributed by atoms with van der Waals surface area (Å²) in [4.78, 5) is 12.8. The molecule has 0 bridgehead atoms. The molecular formula is C23H21ClN4O2S. The lowest BCUT2D eigenvalue weighted by Crippen LogP contribution is -2.26. The predicted octanol–water partition coefficient (Wildman–Crippen LogP) is 5.52. The van der Waals surface area contributed by atoms with Gasteiger partial charge in [-0.15, -0.1) is 0 Å². The number of benzene rings is 2. The van der Waals surface area contributed by atoms with Crippen LogP contribution in [0.1, 0.15) is 40.3 Å². The monoisotopic (exact) mass is 452 g/mol. The number of para-hydroxylation sites is 1. The highest BCUT2D eigenvalue weighted by atomic mass is 35.5. The smallest absolute Gasteiger partial charge is 0.291 e. The maximum Gasteiger partial charge on any atom is 0.291 e. The van der Waals surface area contributed by atoms with Gasteiger partial charge in [-0.3, -0.25) is 10.2 Å². The van der Waals surface area contributed by atoms with Crippen LogP contribution in [0.25, 0.3) is 0 Å². The molecule has 158 valence electrons. The molecule has 1 heterocycles. The van der Waals surface area contributed by atoms with Crippen molar-refractivity contribution in [2.75, 3.05) is 10.6 Å². The minimum Gasteiger partial charge on any atom is -0.455 e. The molecule has 4 rings (SSSR count). The second kappa shape index (κ2) is 9.32. The summed E-state index contributed by atoms with van der Waals surface area (Å²) in [6, 6.07) is 16.6. The van der Waals surface area contributed by atoms with Gasteiger partial charge in [-0.1, -0.05) is 35.9 Å². The van der Waals surface area contributed by atoms with Gasteiger partial charge < -0.3 is 15.1 Å². The molecule has 3 N–H and O–H groups in total. The van der Waals surface area contributed by atoms with Crippen LogP contribution in [0.2, 0.25) is 5.02 Å². The van der Waals surface area contributed by atoms with Gasteiger partial charge >= 0.3 is 0 Å². The summed E-state index contributed by atoms with van der Waals surface area (Å²) in [5.41, 5.74) is 6.85. The SMILES string of the molecule is Cc1c(C(=O)Nc2cccc(Cl)c2)oc2c1/C(=N/NC(=S)Nc1ccccc1)CCC2. The number of carbonyl (C=O) groups is 1. The molecular weight excluding hydrogens is 432 g/mol. The molecule has 2 aromatic carbocycles. The van der Waals surface area contributed by atoms with E-state index in [9.17, 15) is 4.79 Å². The minimum atomic E-state index is -0.317. The van der Waals surface area contributed by atoms with Crippen LogP contribution in [0, 0.1) is 6.92 Å². The highest BCUT2D eigenvalue weighted by Crippen LogP contribution is 2.30. The molecule has 0 fully saturated rings. The molecule has 0 spiro atoms. The first-order chi connectivity index (χ1) is 15.0. The van der Waals surface area contributed by atoms with Crippen molar-refractivity contribution < 1.29 is 9.21 Å². The van der Waals surface area contributed by atoms with E-state index in [1.807, 2.05) is 37.3 Å². The molecule has 0 radical (unpaired) electrons. The van der Waals surface area contributed by atoms with Gasteiger partial charge in [0, 0.05) is 33.9 Å². The number of carbonyl (C=O) groups excluding carboxylic acids is 1. The van der Waals surface area contributed by atoms with E-state index in [2.05, 4.69) is 21.2 Å². The predicted molar refractivity (Wildman–Crippen MR) is 128 cm³/mol. The molecule has 0 saturated heterocycles. The minimum absolute atomic E-state index is 0.282. The van der Waals surface area contributed by atoms with Crippen molar-refractivity contribution in [1.29, 1.82) is 0 Å². The average molecular weight is 453 g/mol. The Morgan fingerprint density at radius 1 is 1.06 bits per heavy atom. The van der Waals surface area contributed by atoms with Gasteiger partial charge in [0.2, 0.25) is 0 Å². The van der Waals surface area contributed by atoms with Crippen molar-refractivity contribution in [1.82, 2.24) is 5.43 Å². The number of nitrogens with zero attached hydrogens (tertiary/aromatic N) is 1. The lowest BCUT2D eigenvalue weighted by atomic mass is 9.93. The summed E-state index contributed by atoms with van der Waals surface area (Å²) in [5.74, 6) is 0.731. The topological polar surface area (TPSA) is 78.7 Å². The average Bonchev–Trinajstić information content (AvgIpc) is 3.10. The molecule has 1 aromatic heterocycles. The second-order valence-electron chi connectivity index (χ2n) is 7.16. The third-order valence-corrected chi connectivity index (χ3v) is 5.37. The molecule has 8 heteroatoms. The molecule has 0 aliphatic heterocycles. The Hall–Kier alpha value is -3.16. The van der Waals surface area contributed by atoms with Crippen LogP contribution in [-0.2, 0) is 6.42 Å². The number of nitrogens with one attached hydrogen (secondary N) is 3. The fourth-order valence-corrected chi connectivity index (χ4v) is 3.90. The lowest BCUT2D eigenvalue weighted by Gasteiger charge is -2.14. The van der Waals surface area contributed by atoms with Crippen LogP contribution < -0.4 is 16.1 Å². The fraction of sp³-hybridized carbons (Fsp3) is 0.174. The van der Waals surface area contributed by atoms with E-state index in [0.29, 0.717) is 15.8 Å². The third kappa shape index (κ3) is 4.95. The van der Waals surface area contributed by atoms with Gasteiger partial charge in [-0.25, -0.2) is 0 Å². The number of hydrogen-bond acceptors (Lipinski definition) is 4. The van der Waals surface area contributed by atoms with Crippen molar-refractivity contribution in [2.24, 2.45) is 5.10 Å². The zero-order valence-corrected chi connectivity index (χ0v) is 18.4. The highest BCUT2D eigenvalue weighted by molar-refractivity contribution is 7.80. The number of rotatable bonds is 4. The number of hydrogen-bond donors (Lipinski definition) is 3.